The topological polar surface area (TPSA) is 71.1 Å². The molecule has 6 heteroatoms. The van der Waals surface area contributed by atoms with Crippen molar-refractivity contribution in [3.05, 3.63) is 71.3 Å². The zero-order valence-electron chi connectivity index (χ0n) is 16.5. The summed E-state index contributed by atoms with van der Waals surface area (Å²) in [5.41, 5.74) is 2.91. The summed E-state index contributed by atoms with van der Waals surface area (Å²) in [5.74, 6) is 1.02. The van der Waals surface area contributed by atoms with Gasteiger partial charge in [0, 0.05) is 5.92 Å². The van der Waals surface area contributed by atoms with Crippen molar-refractivity contribution in [3.63, 3.8) is 0 Å². The Balaban J connectivity index is 1.23. The minimum absolute atomic E-state index is 0.127. The molecule has 2 unspecified atom stereocenters. The van der Waals surface area contributed by atoms with Crippen LogP contribution in [0.1, 0.15) is 34.3 Å². The number of fused-ring (bicyclic) bond motifs is 2. The number of esters is 2. The van der Waals surface area contributed by atoms with Gasteiger partial charge in [0.2, 0.25) is 6.79 Å². The number of rotatable bonds is 5. The molecule has 1 aliphatic carbocycles. The Morgan fingerprint density at radius 2 is 1.83 bits per heavy atom. The lowest BCUT2D eigenvalue weighted by Gasteiger charge is -2.24. The second-order valence-electron chi connectivity index (χ2n) is 8.22. The van der Waals surface area contributed by atoms with E-state index >= 15 is 0 Å². The molecule has 2 aromatic carbocycles. The van der Waals surface area contributed by atoms with Crippen molar-refractivity contribution in [2.75, 3.05) is 13.4 Å². The molecule has 2 heterocycles. The Morgan fingerprint density at radius 1 is 1.07 bits per heavy atom. The highest BCUT2D eigenvalue weighted by molar-refractivity contribution is 5.89. The van der Waals surface area contributed by atoms with Crippen molar-refractivity contribution in [2.45, 2.75) is 25.9 Å². The maximum atomic E-state index is 12.4. The van der Waals surface area contributed by atoms with Gasteiger partial charge in [-0.05, 0) is 54.7 Å². The van der Waals surface area contributed by atoms with E-state index in [0.717, 1.165) is 23.1 Å². The number of carbonyl (C=O) groups is 2. The van der Waals surface area contributed by atoms with E-state index in [1.807, 2.05) is 24.3 Å². The molecule has 0 amide bonds. The van der Waals surface area contributed by atoms with Gasteiger partial charge in [0.15, 0.2) is 11.5 Å². The average Bonchev–Trinajstić information content (AvgIpc) is 3.41. The first kappa shape index (κ1) is 18.7. The molecule has 6 nitrogen and oxygen atoms in total. The van der Waals surface area contributed by atoms with Crippen LogP contribution in [0.2, 0.25) is 0 Å². The second kappa shape index (κ2) is 7.20. The summed E-state index contributed by atoms with van der Waals surface area (Å²) in [7, 11) is 0. The number of carbonyl (C=O) groups excluding carboxylic acids is 2. The lowest BCUT2D eigenvalue weighted by atomic mass is 9.75. The van der Waals surface area contributed by atoms with E-state index in [0.29, 0.717) is 36.5 Å². The monoisotopic (exact) mass is 406 g/mol. The van der Waals surface area contributed by atoms with Crippen LogP contribution in [0, 0.1) is 11.3 Å². The van der Waals surface area contributed by atoms with Crippen molar-refractivity contribution in [1.29, 1.82) is 0 Å². The zero-order chi connectivity index (χ0) is 20.7. The van der Waals surface area contributed by atoms with Gasteiger partial charge in [-0.1, -0.05) is 30.4 Å². The van der Waals surface area contributed by atoms with Crippen LogP contribution >= 0.6 is 0 Å². The van der Waals surface area contributed by atoms with Crippen molar-refractivity contribution in [1.82, 2.24) is 0 Å². The van der Waals surface area contributed by atoms with Crippen LogP contribution in [0.15, 0.2) is 54.6 Å². The zero-order valence-corrected chi connectivity index (χ0v) is 16.5. The molecule has 30 heavy (non-hydrogen) atoms. The standard InChI is InChI=1S/C24H22O6/c1-15-8-19-13-28-23(26)24(19,10-15)11-16-2-5-18(6-3-16)22(25)27-12-17-4-7-20-21(9-17)30-14-29-20/h2-7,9,19H,1,8,10-14H2. The minimum atomic E-state index is -0.502. The largest absolute Gasteiger partial charge is 0.465 e. The van der Waals surface area contributed by atoms with E-state index in [2.05, 4.69) is 6.58 Å². The first-order valence-electron chi connectivity index (χ1n) is 10.0. The minimum Gasteiger partial charge on any atom is -0.465 e. The summed E-state index contributed by atoms with van der Waals surface area (Å²) in [6.07, 6.45) is 2.12. The summed E-state index contributed by atoms with van der Waals surface area (Å²) >= 11 is 0. The average molecular weight is 406 g/mol. The normalized spacial score (nSPS) is 23.9. The lowest BCUT2D eigenvalue weighted by Crippen LogP contribution is -2.31. The van der Waals surface area contributed by atoms with Crippen LogP contribution in [0.4, 0.5) is 0 Å². The van der Waals surface area contributed by atoms with Gasteiger partial charge < -0.3 is 18.9 Å². The summed E-state index contributed by atoms with van der Waals surface area (Å²) in [6, 6.07) is 12.7. The third-order valence-corrected chi connectivity index (χ3v) is 6.22. The summed E-state index contributed by atoms with van der Waals surface area (Å²) in [4.78, 5) is 24.9. The fourth-order valence-electron chi connectivity index (χ4n) is 4.65. The molecule has 5 rings (SSSR count). The van der Waals surface area contributed by atoms with E-state index in [1.54, 1.807) is 18.2 Å². The summed E-state index contributed by atoms with van der Waals surface area (Å²) in [5, 5.41) is 0. The molecule has 0 radical (unpaired) electrons. The number of allylic oxidation sites excluding steroid dienone is 1. The van der Waals surface area contributed by atoms with Crippen LogP contribution in [-0.2, 0) is 27.3 Å². The number of hydrogen-bond acceptors (Lipinski definition) is 6. The first-order valence-corrected chi connectivity index (χ1v) is 10.0. The summed E-state index contributed by atoms with van der Waals surface area (Å²) in [6.45, 7) is 4.91. The highest BCUT2D eigenvalue weighted by atomic mass is 16.7. The third kappa shape index (κ3) is 3.22. The van der Waals surface area contributed by atoms with Crippen LogP contribution in [-0.4, -0.2) is 25.3 Å². The van der Waals surface area contributed by atoms with E-state index in [1.165, 1.54) is 0 Å². The molecule has 1 saturated heterocycles. The van der Waals surface area contributed by atoms with E-state index in [9.17, 15) is 9.59 Å². The molecule has 1 saturated carbocycles. The Hall–Kier alpha value is -3.28. The van der Waals surface area contributed by atoms with Crippen LogP contribution in [0.5, 0.6) is 11.5 Å². The molecule has 0 spiro atoms. The van der Waals surface area contributed by atoms with Crippen molar-refractivity contribution in [2.24, 2.45) is 11.3 Å². The second-order valence-corrected chi connectivity index (χ2v) is 8.22. The van der Waals surface area contributed by atoms with Gasteiger partial charge in [-0.15, -0.1) is 0 Å². The lowest BCUT2D eigenvalue weighted by molar-refractivity contribution is -0.146. The Morgan fingerprint density at radius 3 is 2.67 bits per heavy atom. The number of benzene rings is 2. The molecule has 2 fully saturated rings. The molecular weight excluding hydrogens is 384 g/mol. The Bertz CT molecular complexity index is 1020. The summed E-state index contributed by atoms with van der Waals surface area (Å²) < 4.78 is 21.4. The smallest absolute Gasteiger partial charge is 0.338 e. The highest BCUT2D eigenvalue weighted by Crippen LogP contribution is 2.52. The first-order chi connectivity index (χ1) is 14.5. The van der Waals surface area contributed by atoms with Gasteiger partial charge in [-0.2, -0.15) is 0 Å². The quantitative estimate of drug-likeness (QED) is 0.555. The number of cyclic esters (lactones) is 1. The molecule has 3 aliphatic rings. The number of ether oxygens (including phenoxy) is 4. The fourth-order valence-corrected chi connectivity index (χ4v) is 4.65. The Kier molecular flexibility index (Phi) is 4.50. The van der Waals surface area contributed by atoms with Gasteiger partial charge in [-0.25, -0.2) is 4.79 Å². The SMILES string of the molecule is C=C1CC2COC(=O)C2(Cc2ccc(C(=O)OCc3ccc4c(c3)OCO4)cc2)C1. The number of hydrogen-bond donors (Lipinski definition) is 0. The fraction of sp³-hybridized carbons (Fsp3) is 0.333. The van der Waals surface area contributed by atoms with E-state index in [4.69, 9.17) is 18.9 Å². The van der Waals surface area contributed by atoms with Gasteiger partial charge >= 0.3 is 11.9 Å². The van der Waals surface area contributed by atoms with E-state index in [-0.39, 0.29) is 25.3 Å². The molecule has 2 aliphatic heterocycles. The molecular formula is C24H22O6. The van der Waals surface area contributed by atoms with Gasteiger partial charge in [0.25, 0.3) is 0 Å². The predicted octanol–water partition coefficient (Wildman–Crippen LogP) is 3.82. The van der Waals surface area contributed by atoms with Crippen LogP contribution < -0.4 is 9.47 Å². The Labute approximate surface area is 174 Å². The predicted molar refractivity (Wildman–Crippen MR) is 107 cm³/mol. The molecule has 2 atom stereocenters. The van der Waals surface area contributed by atoms with Gasteiger partial charge in [0.1, 0.15) is 6.61 Å². The van der Waals surface area contributed by atoms with Gasteiger partial charge in [-0.3, -0.25) is 4.79 Å². The third-order valence-electron chi connectivity index (χ3n) is 6.22. The molecule has 0 aromatic heterocycles. The maximum Gasteiger partial charge on any atom is 0.338 e. The molecule has 0 N–H and O–H groups in total. The molecule has 0 bridgehead atoms. The van der Waals surface area contributed by atoms with Crippen LogP contribution in [0.3, 0.4) is 0 Å². The van der Waals surface area contributed by atoms with Crippen LogP contribution in [0.25, 0.3) is 0 Å². The van der Waals surface area contributed by atoms with Crippen molar-refractivity contribution < 1.29 is 28.5 Å². The molecule has 154 valence electrons. The van der Waals surface area contributed by atoms with Crippen molar-refractivity contribution >= 4 is 11.9 Å². The maximum absolute atomic E-state index is 12.4. The van der Waals surface area contributed by atoms with Crippen molar-refractivity contribution in [3.8, 4) is 11.5 Å². The highest BCUT2D eigenvalue weighted by Gasteiger charge is 2.55. The molecule has 2 aromatic rings. The van der Waals surface area contributed by atoms with E-state index < -0.39 is 11.4 Å². The van der Waals surface area contributed by atoms with Gasteiger partial charge in [0.05, 0.1) is 17.6 Å².